The Morgan fingerprint density at radius 2 is 1.60 bits per heavy atom. The van der Waals surface area contributed by atoms with Gasteiger partial charge in [-0.3, -0.25) is 4.79 Å². The van der Waals surface area contributed by atoms with Crippen molar-refractivity contribution in [3.8, 4) is 11.5 Å². The second kappa shape index (κ2) is 7.36. The molecule has 3 aromatic rings. The van der Waals surface area contributed by atoms with E-state index in [2.05, 4.69) is 0 Å². The summed E-state index contributed by atoms with van der Waals surface area (Å²) in [6.45, 7) is 0. The zero-order chi connectivity index (χ0) is 17.6. The van der Waals surface area contributed by atoms with E-state index in [1.54, 1.807) is 54.6 Å². The van der Waals surface area contributed by atoms with Gasteiger partial charge in [0.1, 0.15) is 11.5 Å². The molecule has 3 rings (SSSR count). The van der Waals surface area contributed by atoms with Crippen molar-refractivity contribution in [2.45, 2.75) is 0 Å². The lowest BCUT2D eigenvalue weighted by Crippen LogP contribution is -1.96. The molecule has 0 unspecified atom stereocenters. The molecule has 0 bridgehead atoms. The molecule has 0 fully saturated rings. The van der Waals surface area contributed by atoms with E-state index in [1.807, 2.05) is 30.3 Å². The second-order valence-electron chi connectivity index (χ2n) is 5.53. The number of rotatable bonds is 5. The fourth-order valence-electron chi connectivity index (χ4n) is 2.31. The summed E-state index contributed by atoms with van der Waals surface area (Å²) < 4.78 is 5.72. The van der Waals surface area contributed by atoms with Gasteiger partial charge in [0.15, 0.2) is 5.78 Å². The van der Waals surface area contributed by atoms with Crippen LogP contribution in [-0.4, -0.2) is 5.78 Å². The molecule has 0 heterocycles. The molecule has 0 saturated carbocycles. The van der Waals surface area contributed by atoms with Gasteiger partial charge in [-0.15, -0.1) is 0 Å². The predicted octanol–water partition coefficient (Wildman–Crippen LogP) is 4.54. The minimum Gasteiger partial charge on any atom is -0.455 e. The number of allylic oxidation sites excluding steroid dienone is 1. The van der Waals surface area contributed by atoms with Crippen molar-refractivity contribution in [1.82, 2.24) is 0 Å². The van der Waals surface area contributed by atoms with Crippen LogP contribution < -0.4 is 16.2 Å². The van der Waals surface area contributed by atoms with E-state index >= 15 is 0 Å². The predicted molar refractivity (Wildman–Crippen MR) is 102 cm³/mol. The van der Waals surface area contributed by atoms with Crippen molar-refractivity contribution in [3.63, 3.8) is 0 Å². The number of ketones is 1. The molecule has 25 heavy (non-hydrogen) atoms. The van der Waals surface area contributed by atoms with Crippen LogP contribution in [0.5, 0.6) is 11.5 Å². The summed E-state index contributed by atoms with van der Waals surface area (Å²) in [4.78, 5) is 12.2. The number of nitrogen functional groups attached to an aromatic ring is 2. The van der Waals surface area contributed by atoms with Crippen molar-refractivity contribution in [2.75, 3.05) is 11.5 Å². The monoisotopic (exact) mass is 330 g/mol. The topological polar surface area (TPSA) is 78.3 Å². The van der Waals surface area contributed by atoms with Gasteiger partial charge < -0.3 is 16.2 Å². The summed E-state index contributed by atoms with van der Waals surface area (Å²) in [5.41, 5.74) is 14.2. The average Bonchev–Trinajstić information content (AvgIpc) is 2.63. The summed E-state index contributed by atoms with van der Waals surface area (Å²) in [5.74, 6) is 1.06. The first-order valence-corrected chi connectivity index (χ1v) is 7.82. The highest BCUT2D eigenvalue weighted by molar-refractivity contribution is 6.06. The Morgan fingerprint density at radius 1 is 0.880 bits per heavy atom. The molecule has 0 saturated heterocycles. The highest BCUT2D eigenvalue weighted by Gasteiger charge is 2.05. The number of carbonyl (C=O) groups is 1. The molecule has 0 aliphatic carbocycles. The van der Waals surface area contributed by atoms with Gasteiger partial charge in [0.2, 0.25) is 0 Å². The van der Waals surface area contributed by atoms with Crippen LogP contribution in [-0.2, 0) is 0 Å². The minimum atomic E-state index is -0.0672. The number of hydrogen-bond acceptors (Lipinski definition) is 4. The lowest BCUT2D eigenvalue weighted by molar-refractivity contribution is 0.104. The zero-order valence-corrected chi connectivity index (χ0v) is 13.6. The lowest BCUT2D eigenvalue weighted by Gasteiger charge is -2.09. The molecular formula is C21H18N2O2. The first kappa shape index (κ1) is 16.3. The van der Waals surface area contributed by atoms with E-state index in [4.69, 9.17) is 16.2 Å². The third-order valence-corrected chi connectivity index (χ3v) is 3.63. The molecule has 0 aromatic heterocycles. The van der Waals surface area contributed by atoms with Crippen molar-refractivity contribution >= 4 is 23.2 Å². The third kappa shape index (κ3) is 4.26. The van der Waals surface area contributed by atoms with Gasteiger partial charge >= 0.3 is 0 Å². The number of nitrogens with two attached hydrogens (primary N) is 2. The van der Waals surface area contributed by atoms with Crippen LogP contribution in [0.25, 0.3) is 6.08 Å². The number of carbonyl (C=O) groups excluding carboxylic acids is 1. The molecule has 4 heteroatoms. The van der Waals surface area contributed by atoms with Crippen LogP contribution in [0.15, 0.2) is 78.9 Å². The summed E-state index contributed by atoms with van der Waals surface area (Å²) in [6, 6.07) is 21.7. The molecule has 0 aliphatic heterocycles. The lowest BCUT2D eigenvalue weighted by atomic mass is 10.1. The van der Waals surface area contributed by atoms with Crippen LogP contribution in [0.1, 0.15) is 15.9 Å². The van der Waals surface area contributed by atoms with E-state index in [1.165, 1.54) is 0 Å². The van der Waals surface area contributed by atoms with E-state index in [-0.39, 0.29) is 5.78 Å². The first-order valence-electron chi connectivity index (χ1n) is 7.82. The maximum absolute atomic E-state index is 12.2. The average molecular weight is 330 g/mol. The van der Waals surface area contributed by atoms with Gasteiger partial charge in [0, 0.05) is 11.3 Å². The van der Waals surface area contributed by atoms with Gasteiger partial charge in [-0.2, -0.15) is 0 Å². The molecular weight excluding hydrogens is 312 g/mol. The van der Waals surface area contributed by atoms with Gasteiger partial charge in [-0.05, 0) is 54.1 Å². The number of benzene rings is 3. The van der Waals surface area contributed by atoms with Crippen molar-refractivity contribution in [2.24, 2.45) is 0 Å². The molecule has 4 nitrogen and oxygen atoms in total. The second-order valence-corrected chi connectivity index (χ2v) is 5.53. The fraction of sp³-hybridized carbons (Fsp3) is 0. The number of hydrogen-bond donors (Lipinski definition) is 2. The van der Waals surface area contributed by atoms with Crippen molar-refractivity contribution < 1.29 is 9.53 Å². The quantitative estimate of drug-likeness (QED) is 0.409. The van der Waals surface area contributed by atoms with Crippen LogP contribution in [0.2, 0.25) is 0 Å². The van der Waals surface area contributed by atoms with Crippen molar-refractivity contribution in [3.05, 3.63) is 90.0 Å². The standard InChI is InChI=1S/C21H18N2O2/c22-17-9-13-21(19(23)14-17)25-18-10-7-16(8-11-18)20(24)12-6-15-4-2-1-3-5-15/h1-14H,22-23H2. The van der Waals surface area contributed by atoms with E-state index in [9.17, 15) is 4.79 Å². The molecule has 0 amide bonds. The summed E-state index contributed by atoms with van der Waals surface area (Å²) in [7, 11) is 0. The highest BCUT2D eigenvalue weighted by Crippen LogP contribution is 2.29. The maximum atomic E-state index is 12.2. The Hall–Kier alpha value is -3.53. The van der Waals surface area contributed by atoms with E-state index in [0.717, 1.165) is 5.56 Å². The van der Waals surface area contributed by atoms with Gasteiger partial charge in [-0.25, -0.2) is 0 Å². The molecule has 0 radical (unpaired) electrons. The highest BCUT2D eigenvalue weighted by atomic mass is 16.5. The molecule has 124 valence electrons. The number of ether oxygens (including phenoxy) is 1. The van der Waals surface area contributed by atoms with E-state index < -0.39 is 0 Å². The maximum Gasteiger partial charge on any atom is 0.185 e. The molecule has 0 spiro atoms. The third-order valence-electron chi connectivity index (χ3n) is 3.63. The van der Waals surface area contributed by atoms with Crippen LogP contribution in [0.3, 0.4) is 0 Å². The zero-order valence-electron chi connectivity index (χ0n) is 13.6. The van der Waals surface area contributed by atoms with Crippen molar-refractivity contribution in [1.29, 1.82) is 0 Å². The van der Waals surface area contributed by atoms with Crippen LogP contribution in [0.4, 0.5) is 11.4 Å². The normalized spacial score (nSPS) is 10.7. The van der Waals surface area contributed by atoms with Gasteiger partial charge in [0.05, 0.1) is 5.69 Å². The van der Waals surface area contributed by atoms with Crippen LogP contribution >= 0.6 is 0 Å². The van der Waals surface area contributed by atoms with Crippen LogP contribution in [0, 0.1) is 0 Å². The number of anilines is 2. The Bertz CT molecular complexity index is 901. The molecule has 3 aromatic carbocycles. The smallest absolute Gasteiger partial charge is 0.185 e. The summed E-state index contributed by atoms with van der Waals surface area (Å²) >= 11 is 0. The fourth-order valence-corrected chi connectivity index (χ4v) is 2.31. The molecule has 4 N–H and O–H groups in total. The van der Waals surface area contributed by atoms with Gasteiger partial charge in [-0.1, -0.05) is 36.4 Å². The van der Waals surface area contributed by atoms with Gasteiger partial charge in [0.25, 0.3) is 0 Å². The summed E-state index contributed by atoms with van der Waals surface area (Å²) in [5, 5.41) is 0. The minimum absolute atomic E-state index is 0.0672. The Morgan fingerprint density at radius 3 is 2.28 bits per heavy atom. The SMILES string of the molecule is Nc1ccc(Oc2ccc(C(=O)C=Cc3ccccc3)cc2)c(N)c1. The summed E-state index contributed by atoms with van der Waals surface area (Å²) in [6.07, 6.45) is 3.35. The Kier molecular flexibility index (Phi) is 4.81. The molecule has 0 atom stereocenters. The Labute approximate surface area is 146 Å². The molecule has 0 aliphatic rings. The largest absolute Gasteiger partial charge is 0.455 e. The van der Waals surface area contributed by atoms with E-state index in [0.29, 0.717) is 28.4 Å². The Balaban J connectivity index is 1.69. The first-order chi connectivity index (χ1) is 12.1.